The van der Waals surface area contributed by atoms with Crippen molar-refractivity contribution >= 4 is 0 Å². The fourth-order valence-electron chi connectivity index (χ4n) is 3.00. The summed E-state index contributed by atoms with van der Waals surface area (Å²) in [6, 6.07) is 6.92. The Morgan fingerprint density at radius 2 is 2.00 bits per heavy atom. The topological polar surface area (TPSA) is 0 Å². The Balaban J connectivity index is 2.15. The lowest BCUT2D eigenvalue weighted by Crippen LogP contribution is -2.14. The predicted molar refractivity (Wildman–Crippen MR) is 59.7 cm³/mol. The Labute approximate surface area is 86.3 Å². The quantitative estimate of drug-likeness (QED) is 0.580. The van der Waals surface area contributed by atoms with E-state index in [1.165, 1.54) is 12.8 Å². The molecule has 0 saturated heterocycles. The van der Waals surface area contributed by atoms with Gasteiger partial charge in [0.2, 0.25) is 0 Å². The average molecular weight is 186 g/mol. The van der Waals surface area contributed by atoms with Gasteiger partial charge in [-0.1, -0.05) is 39.0 Å². The molecule has 0 nitrogen and oxygen atoms in total. The maximum Gasteiger partial charge on any atom is -0.0124 e. The van der Waals surface area contributed by atoms with E-state index < -0.39 is 0 Å². The zero-order valence-electron chi connectivity index (χ0n) is 9.30. The molecule has 0 aliphatic heterocycles. The molecule has 2 aliphatic rings. The molecule has 14 heavy (non-hydrogen) atoms. The third-order valence-corrected chi connectivity index (χ3v) is 3.81. The molecular weight excluding hydrogens is 168 g/mol. The van der Waals surface area contributed by atoms with Crippen LogP contribution in [0, 0.1) is 5.92 Å². The second-order valence-corrected chi connectivity index (χ2v) is 5.93. The minimum Gasteiger partial charge on any atom is -0.0617 e. The molecule has 74 valence electrons. The van der Waals surface area contributed by atoms with E-state index in [1.54, 1.807) is 16.7 Å². The summed E-state index contributed by atoms with van der Waals surface area (Å²) in [5, 5.41) is 0. The molecule has 0 heterocycles. The fraction of sp³-hybridized carbons (Fsp3) is 0.571. The van der Waals surface area contributed by atoms with Crippen molar-refractivity contribution in [1.82, 2.24) is 0 Å². The summed E-state index contributed by atoms with van der Waals surface area (Å²) in [7, 11) is 0. The highest BCUT2D eigenvalue weighted by Gasteiger charge is 2.46. The number of rotatable bonds is 0. The molecule has 1 aromatic rings. The number of fused-ring (bicyclic) bond motifs is 3. The Kier molecular flexibility index (Phi) is 1.47. The second kappa shape index (κ2) is 2.42. The SMILES string of the molecule is CC(C)(C)c1cccc2c1CC1CC21. The molecule has 0 bridgehead atoms. The van der Waals surface area contributed by atoms with Gasteiger partial charge in [-0.15, -0.1) is 0 Å². The molecule has 1 aromatic carbocycles. The molecule has 0 aromatic heterocycles. The van der Waals surface area contributed by atoms with Gasteiger partial charge in [0.1, 0.15) is 0 Å². The standard InChI is InChI=1S/C14H18/c1-14(2,3)13-6-4-5-10-11-7-9(11)8-12(10)13/h4-6,9,11H,7-8H2,1-3H3. The van der Waals surface area contributed by atoms with Gasteiger partial charge in [0.25, 0.3) is 0 Å². The Bertz CT molecular complexity index is 382. The van der Waals surface area contributed by atoms with Gasteiger partial charge in [0.15, 0.2) is 0 Å². The van der Waals surface area contributed by atoms with Crippen molar-refractivity contribution in [2.45, 2.75) is 44.9 Å². The fourth-order valence-corrected chi connectivity index (χ4v) is 3.00. The van der Waals surface area contributed by atoms with Gasteiger partial charge in [0.05, 0.1) is 0 Å². The third-order valence-electron chi connectivity index (χ3n) is 3.81. The van der Waals surface area contributed by atoms with Gasteiger partial charge in [0, 0.05) is 0 Å². The van der Waals surface area contributed by atoms with Crippen LogP contribution < -0.4 is 0 Å². The first-order valence-electron chi connectivity index (χ1n) is 5.69. The first kappa shape index (κ1) is 8.52. The molecule has 3 rings (SSSR count). The number of benzene rings is 1. The molecule has 1 saturated carbocycles. The molecule has 2 aliphatic carbocycles. The monoisotopic (exact) mass is 186 g/mol. The number of hydrogen-bond acceptors (Lipinski definition) is 0. The highest BCUT2D eigenvalue weighted by Crippen LogP contribution is 2.57. The van der Waals surface area contributed by atoms with Crippen molar-refractivity contribution in [3.8, 4) is 0 Å². The lowest BCUT2D eigenvalue weighted by molar-refractivity contribution is 0.581. The molecular formula is C14H18. The van der Waals surface area contributed by atoms with Crippen LogP contribution in [0.2, 0.25) is 0 Å². The molecule has 1 fully saturated rings. The van der Waals surface area contributed by atoms with E-state index in [0.29, 0.717) is 5.41 Å². The zero-order valence-corrected chi connectivity index (χ0v) is 9.30. The Morgan fingerprint density at radius 3 is 2.71 bits per heavy atom. The summed E-state index contributed by atoms with van der Waals surface area (Å²) < 4.78 is 0. The van der Waals surface area contributed by atoms with Crippen LogP contribution in [0.3, 0.4) is 0 Å². The van der Waals surface area contributed by atoms with Crippen LogP contribution in [0.5, 0.6) is 0 Å². The predicted octanol–water partition coefficient (Wildman–Crippen LogP) is 3.64. The van der Waals surface area contributed by atoms with Gasteiger partial charge >= 0.3 is 0 Å². The molecule has 2 atom stereocenters. The highest BCUT2D eigenvalue weighted by molar-refractivity contribution is 5.48. The van der Waals surface area contributed by atoms with Crippen LogP contribution >= 0.6 is 0 Å². The highest BCUT2D eigenvalue weighted by atomic mass is 14.5. The maximum atomic E-state index is 2.35. The number of hydrogen-bond donors (Lipinski definition) is 0. The van der Waals surface area contributed by atoms with Crippen molar-refractivity contribution in [1.29, 1.82) is 0 Å². The van der Waals surface area contributed by atoms with E-state index in [4.69, 9.17) is 0 Å². The Morgan fingerprint density at radius 1 is 1.21 bits per heavy atom. The summed E-state index contributed by atoms with van der Waals surface area (Å²) in [6.45, 7) is 6.98. The average Bonchev–Trinajstić information content (AvgIpc) is 2.76. The van der Waals surface area contributed by atoms with Crippen molar-refractivity contribution in [3.05, 3.63) is 34.9 Å². The van der Waals surface area contributed by atoms with E-state index in [0.717, 1.165) is 11.8 Å². The van der Waals surface area contributed by atoms with E-state index >= 15 is 0 Å². The molecule has 0 heteroatoms. The Hall–Kier alpha value is -0.780. The minimum absolute atomic E-state index is 0.322. The minimum atomic E-state index is 0.322. The lowest BCUT2D eigenvalue weighted by atomic mass is 9.82. The van der Waals surface area contributed by atoms with Crippen LogP contribution in [0.25, 0.3) is 0 Å². The molecule has 0 amide bonds. The van der Waals surface area contributed by atoms with Gasteiger partial charge in [-0.25, -0.2) is 0 Å². The maximum absolute atomic E-state index is 2.35. The largest absolute Gasteiger partial charge is 0.0617 e. The molecule has 0 spiro atoms. The first-order chi connectivity index (χ1) is 6.57. The second-order valence-electron chi connectivity index (χ2n) is 5.93. The van der Waals surface area contributed by atoms with Gasteiger partial charge in [-0.3, -0.25) is 0 Å². The van der Waals surface area contributed by atoms with Crippen molar-refractivity contribution in [2.75, 3.05) is 0 Å². The van der Waals surface area contributed by atoms with Crippen LogP contribution in [-0.2, 0) is 11.8 Å². The summed E-state index contributed by atoms with van der Waals surface area (Å²) in [4.78, 5) is 0. The van der Waals surface area contributed by atoms with Crippen LogP contribution in [0.1, 0.15) is 49.8 Å². The van der Waals surface area contributed by atoms with Gasteiger partial charge < -0.3 is 0 Å². The van der Waals surface area contributed by atoms with E-state index in [9.17, 15) is 0 Å². The van der Waals surface area contributed by atoms with Gasteiger partial charge in [-0.05, 0) is 46.8 Å². The molecule has 0 radical (unpaired) electrons. The van der Waals surface area contributed by atoms with Crippen molar-refractivity contribution < 1.29 is 0 Å². The first-order valence-corrected chi connectivity index (χ1v) is 5.69. The van der Waals surface area contributed by atoms with Crippen LogP contribution in [0.4, 0.5) is 0 Å². The van der Waals surface area contributed by atoms with Crippen molar-refractivity contribution in [2.24, 2.45) is 5.92 Å². The molecule has 0 N–H and O–H groups in total. The van der Waals surface area contributed by atoms with E-state index in [1.807, 2.05) is 0 Å². The zero-order chi connectivity index (χ0) is 9.92. The lowest BCUT2D eigenvalue weighted by Gasteiger charge is -2.23. The summed E-state index contributed by atoms with van der Waals surface area (Å²) in [5.41, 5.74) is 5.26. The summed E-state index contributed by atoms with van der Waals surface area (Å²) in [6.07, 6.45) is 2.81. The van der Waals surface area contributed by atoms with Crippen LogP contribution in [0.15, 0.2) is 18.2 Å². The van der Waals surface area contributed by atoms with E-state index in [-0.39, 0.29) is 0 Å². The summed E-state index contributed by atoms with van der Waals surface area (Å²) in [5.74, 6) is 1.95. The van der Waals surface area contributed by atoms with Gasteiger partial charge in [-0.2, -0.15) is 0 Å². The van der Waals surface area contributed by atoms with E-state index in [2.05, 4.69) is 39.0 Å². The smallest absolute Gasteiger partial charge is 0.0124 e. The molecule has 2 unspecified atom stereocenters. The van der Waals surface area contributed by atoms with Crippen LogP contribution in [-0.4, -0.2) is 0 Å². The normalized spacial score (nSPS) is 28.5. The summed E-state index contributed by atoms with van der Waals surface area (Å²) >= 11 is 0. The van der Waals surface area contributed by atoms with Crippen molar-refractivity contribution in [3.63, 3.8) is 0 Å². The third kappa shape index (κ3) is 1.06.